The Kier molecular flexibility index (Phi) is 3.73. The third-order valence-corrected chi connectivity index (χ3v) is 1.93. The van der Waals surface area contributed by atoms with Gasteiger partial charge >= 0.3 is 6.03 Å². The summed E-state index contributed by atoms with van der Waals surface area (Å²) in [5.41, 5.74) is 0. The Balaban J connectivity index is 2.06. The van der Waals surface area contributed by atoms with Crippen LogP contribution in [0.5, 0.6) is 0 Å². The molecule has 0 aromatic heterocycles. The third kappa shape index (κ3) is 3.92. The molecule has 0 radical (unpaired) electrons. The van der Waals surface area contributed by atoms with Crippen molar-refractivity contribution in [2.45, 2.75) is 26.7 Å². The Bertz CT molecular complexity index is 211. The smallest absolute Gasteiger partial charge is 0.343 e. The van der Waals surface area contributed by atoms with Crippen LogP contribution in [-0.4, -0.2) is 25.0 Å². The maximum absolute atomic E-state index is 10.7. The molecule has 2 amide bonds. The molecule has 0 unspecified atom stereocenters. The molecule has 0 aliphatic carbocycles. The Hall–Kier alpha value is -1.06. The summed E-state index contributed by atoms with van der Waals surface area (Å²) >= 11 is 0. The molecule has 1 heterocycles. The zero-order chi connectivity index (χ0) is 9.68. The summed E-state index contributed by atoms with van der Waals surface area (Å²) in [5.74, 6) is 1.51. The standard InChI is InChI=1S/C9H17N3O/c1-7(2)4-3-5-10-8-6-11-9(13)12-8/h7H,3-6H2,1-2H3,(H2,10,11,12,13). The maximum Gasteiger partial charge on any atom is 0.343 e. The number of aliphatic imine (C=N–C) groups is 1. The van der Waals surface area contributed by atoms with Gasteiger partial charge in [0.15, 0.2) is 0 Å². The van der Waals surface area contributed by atoms with Crippen molar-refractivity contribution in [3.8, 4) is 0 Å². The highest BCUT2D eigenvalue weighted by molar-refractivity contribution is 6.01. The van der Waals surface area contributed by atoms with Crippen LogP contribution in [0.3, 0.4) is 0 Å². The molecule has 13 heavy (non-hydrogen) atoms. The zero-order valence-corrected chi connectivity index (χ0v) is 8.26. The highest BCUT2D eigenvalue weighted by atomic mass is 16.2. The molecular weight excluding hydrogens is 166 g/mol. The van der Waals surface area contributed by atoms with E-state index < -0.39 is 0 Å². The van der Waals surface area contributed by atoms with Crippen molar-refractivity contribution in [2.24, 2.45) is 10.9 Å². The van der Waals surface area contributed by atoms with Crippen LogP contribution in [0.1, 0.15) is 26.7 Å². The fourth-order valence-electron chi connectivity index (χ4n) is 1.21. The quantitative estimate of drug-likeness (QED) is 0.642. The van der Waals surface area contributed by atoms with Crippen LogP contribution >= 0.6 is 0 Å². The van der Waals surface area contributed by atoms with Gasteiger partial charge in [-0.05, 0) is 18.8 Å². The van der Waals surface area contributed by atoms with Gasteiger partial charge in [-0.2, -0.15) is 4.99 Å². The second-order valence-electron chi connectivity index (χ2n) is 3.68. The number of amidine groups is 1. The lowest BCUT2D eigenvalue weighted by Crippen LogP contribution is -2.29. The van der Waals surface area contributed by atoms with Crippen molar-refractivity contribution in [1.29, 1.82) is 0 Å². The van der Waals surface area contributed by atoms with E-state index in [1.807, 2.05) is 0 Å². The molecule has 0 saturated heterocycles. The normalized spacial score (nSPS) is 15.9. The number of nitrogens with zero attached hydrogens (tertiary/aromatic N) is 1. The Labute approximate surface area is 78.8 Å². The van der Waals surface area contributed by atoms with E-state index in [2.05, 4.69) is 29.5 Å². The van der Waals surface area contributed by atoms with Crippen LogP contribution < -0.4 is 10.6 Å². The van der Waals surface area contributed by atoms with Crippen molar-refractivity contribution in [1.82, 2.24) is 10.6 Å². The highest BCUT2D eigenvalue weighted by Gasteiger charge is 2.10. The lowest BCUT2D eigenvalue weighted by molar-refractivity contribution is 0.252. The monoisotopic (exact) mass is 183 g/mol. The molecule has 4 nitrogen and oxygen atoms in total. The first kappa shape index (κ1) is 10.0. The summed E-state index contributed by atoms with van der Waals surface area (Å²) in [7, 11) is 0. The van der Waals surface area contributed by atoms with E-state index >= 15 is 0 Å². The summed E-state index contributed by atoms with van der Waals surface area (Å²) in [5, 5.41) is 5.75. The van der Waals surface area contributed by atoms with Gasteiger partial charge in [0.1, 0.15) is 5.84 Å². The number of nitrogens with one attached hydrogen (secondary N) is 2. The molecule has 4 heteroatoms. The van der Waals surface area contributed by atoms with Crippen LogP contribution in [0.25, 0.3) is 0 Å². The number of carbonyl (C=O) groups is 1. The zero-order valence-electron chi connectivity index (χ0n) is 8.26. The minimum atomic E-state index is -0.230. The molecule has 1 rings (SSSR count). The first-order valence-corrected chi connectivity index (χ1v) is 4.77. The predicted molar refractivity (Wildman–Crippen MR) is 52.9 cm³/mol. The van der Waals surface area contributed by atoms with Crippen LogP contribution in [-0.2, 0) is 0 Å². The molecule has 0 fully saturated rings. The summed E-state index contributed by atoms with van der Waals surface area (Å²) < 4.78 is 0. The lowest BCUT2D eigenvalue weighted by atomic mass is 10.1. The largest absolute Gasteiger partial charge is 0.372 e. The SMILES string of the molecule is CC(C)CCCNC1=NC(=O)NC1. The van der Waals surface area contributed by atoms with Crippen LogP contribution in [0.4, 0.5) is 4.79 Å². The van der Waals surface area contributed by atoms with Crippen LogP contribution in [0.2, 0.25) is 0 Å². The van der Waals surface area contributed by atoms with Crippen LogP contribution in [0, 0.1) is 5.92 Å². The Morgan fingerprint density at radius 2 is 2.38 bits per heavy atom. The third-order valence-electron chi connectivity index (χ3n) is 1.93. The van der Waals surface area contributed by atoms with E-state index in [0.29, 0.717) is 6.54 Å². The summed E-state index contributed by atoms with van der Waals surface area (Å²) in [6, 6.07) is -0.230. The average Bonchev–Trinajstić information content (AvgIpc) is 2.45. The first-order chi connectivity index (χ1) is 6.18. The van der Waals surface area contributed by atoms with Gasteiger partial charge in [0.2, 0.25) is 0 Å². The van der Waals surface area contributed by atoms with Gasteiger partial charge in [-0.15, -0.1) is 0 Å². The molecule has 0 spiro atoms. The second kappa shape index (κ2) is 4.84. The molecule has 0 atom stereocenters. The molecule has 2 N–H and O–H groups in total. The molecule has 1 aliphatic rings. The molecular formula is C9H17N3O. The topological polar surface area (TPSA) is 53.5 Å². The van der Waals surface area contributed by atoms with Gasteiger partial charge in [-0.3, -0.25) is 0 Å². The molecule has 0 saturated carbocycles. The molecule has 0 bridgehead atoms. The van der Waals surface area contributed by atoms with E-state index in [1.165, 1.54) is 6.42 Å². The lowest BCUT2D eigenvalue weighted by Gasteiger charge is -2.06. The predicted octanol–water partition coefficient (Wildman–Crippen LogP) is 1.13. The highest BCUT2D eigenvalue weighted by Crippen LogP contribution is 2.01. The van der Waals surface area contributed by atoms with Crippen molar-refractivity contribution in [3.63, 3.8) is 0 Å². The fourth-order valence-corrected chi connectivity index (χ4v) is 1.21. The van der Waals surface area contributed by atoms with Gasteiger partial charge in [0.25, 0.3) is 0 Å². The molecule has 0 aromatic carbocycles. The number of urea groups is 1. The minimum absolute atomic E-state index is 0.230. The van der Waals surface area contributed by atoms with Crippen LogP contribution in [0.15, 0.2) is 4.99 Å². The van der Waals surface area contributed by atoms with Crippen molar-refractivity contribution in [2.75, 3.05) is 13.1 Å². The molecule has 74 valence electrons. The van der Waals surface area contributed by atoms with E-state index in [1.54, 1.807) is 0 Å². The van der Waals surface area contributed by atoms with Gasteiger partial charge in [-0.25, -0.2) is 4.79 Å². The van der Waals surface area contributed by atoms with E-state index in [4.69, 9.17) is 0 Å². The Morgan fingerprint density at radius 3 is 2.92 bits per heavy atom. The number of hydrogen-bond acceptors (Lipinski definition) is 2. The van der Waals surface area contributed by atoms with E-state index in [0.717, 1.165) is 24.7 Å². The second-order valence-corrected chi connectivity index (χ2v) is 3.68. The summed E-state index contributed by atoms with van der Waals surface area (Å²) in [4.78, 5) is 14.4. The van der Waals surface area contributed by atoms with Gasteiger partial charge in [0.05, 0.1) is 6.54 Å². The first-order valence-electron chi connectivity index (χ1n) is 4.77. The molecule has 1 aliphatic heterocycles. The van der Waals surface area contributed by atoms with Crippen molar-refractivity contribution < 1.29 is 4.79 Å². The van der Waals surface area contributed by atoms with Crippen molar-refractivity contribution >= 4 is 11.9 Å². The number of carbonyl (C=O) groups excluding carboxylic acids is 1. The van der Waals surface area contributed by atoms with Gasteiger partial charge in [-0.1, -0.05) is 13.8 Å². The number of hydrogen-bond donors (Lipinski definition) is 2. The van der Waals surface area contributed by atoms with E-state index in [9.17, 15) is 4.79 Å². The minimum Gasteiger partial charge on any atom is -0.372 e. The van der Waals surface area contributed by atoms with Gasteiger partial charge in [0, 0.05) is 6.54 Å². The summed E-state index contributed by atoms with van der Waals surface area (Å²) in [6.45, 7) is 5.88. The summed E-state index contributed by atoms with van der Waals surface area (Å²) in [6.07, 6.45) is 2.34. The Morgan fingerprint density at radius 1 is 1.62 bits per heavy atom. The van der Waals surface area contributed by atoms with E-state index in [-0.39, 0.29) is 6.03 Å². The average molecular weight is 183 g/mol. The van der Waals surface area contributed by atoms with Crippen molar-refractivity contribution in [3.05, 3.63) is 0 Å². The van der Waals surface area contributed by atoms with Gasteiger partial charge < -0.3 is 10.6 Å². The number of amides is 2. The fraction of sp³-hybridized carbons (Fsp3) is 0.778. The number of rotatable bonds is 4. The maximum atomic E-state index is 10.7. The molecule has 0 aromatic rings.